The van der Waals surface area contributed by atoms with Crippen LogP contribution in [0.25, 0.3) is 0 Å². The van der Waals surface area contributed by atoms with Gasteiger partial charge in [-0.05, 0) is 43.3 Å². The van der Waals surface area contributed by atoms with Crippen molar-refractivity contribution in [2.45, 2.75) is 80.9 Å². The standard InChI is InChI=1S/C29H38N2O10Si/c1-15-25(42(2,3)39)20(11-12-32)41-29(15)18-13-17(30-26(36)24-22(34)21(33)23(35)27(37)40-24)9-10-19(18)31(28(29)38)14-16-7-5-4-6-8-16/h4-10,13,15,20-25,27,32-35,37,39H,11-12,14H2,1-3H3,(H,30,36)/t15-,20+,21+,22+,23-,24+,25-,27-,29+/m1/s1. The molecule has 3 heterocycles. The number of hydrogen-bond acceptors (Lipinski definition) is 10. The minimum atomic E-state index is -2.91. The Morgan fingerprint density at radius 1 is 1.05 bits per heavy atom. The molecule has 0 unspecified atom stereocenters. The molecule has 2 saturated heterocycles. The van der Waals surface area contributed by atoms with Gasteiger partial charge in [-0.15, -0.1) is 0 Å². The third-order valence-corrected chi connectivity index (χ3v) is 11.2. The molecule has 13 heteroatoms. The van der Waals surface area contributed by atoms with E-state index < -0.39 is 62.6 Å². The molecule has 228 valence electrons. The highest BCUT2D eigenvalue weighted by atomic mass is 28.4. The van der Waals surface area contributed by atoms with Crippen molar-refractivity contribution in [1.29, 1.82) is 0 Å². The number of aliphatic hydroxyl groups excluding tert-OH is 5. The molecule has 2 fully saturated rings. The summed E-state index contributed by atoms with van der Waals surface area (Å²) in [6, 6.07) is 14.3. The fraction of sp³-hybridized carbons (Fsp3) is 0.517. The number of anilines is 2. The van der Waals surface area contributed by atoms with Gasteiger partial charge in [0.15, 0.2) is 26.3 Å². The Bertz CT molecular complexity index is 1320. The van der Waals surface area contributed by atoms with Crippen LogP contribution in [0.1, 0.15) is 24.5 Å². The van der Waals surface area contributed by atoms with Crippen molar-refractivity contribution in [3.05, 3.63) is 59.7 Å². The molecule has 0 saturated carbocycles. The van der Waals surface area contributed by atoms with Crippen molar-refractivity contribution in [3.8, 4) is 0 Å². The lowest BCUT2D eigenvalue weighted by atomic mass is 9.82. The Kier molecular flexibility index (Phi) is 8.35. The van der Waals surface area contributed by atoms with Gasteiger partial charge < -0.3 is 50.0 Å². The summed E-state index contributed by atoms with van der Waals surface area (Å²) >= 11 is 0. The number of hydrogen-bond donors (Lipinski definition) is 7. The Hall–Kier alpha value is -2.72. The normalized spacial score (nSPS) is 34.6. The van der Waals surface area contributed by atoms with E-state index in [9.17, 15) is 39.9 Å². The summed E-state index contributed by atoms with van der Waals surface area (Å²) in [6.45, 7) is 5.51. The maximum Gasteiger partial charge on any atom is 0.264 e. The van der Waals surface area contributed by atoms with Gasteiger partial charge in [0.2, 0.25) is 0 Å². The summed E-state index contributed by atoms with van der Waals surface area (Å²) in [7, 11) is -2.91. The molecular formula is C29H38N2O10Si. The van der Waals surface area contributed by atoms with Crippen LogP contribution in [0.5, 0.6) is 0 Å². The molecule has 3 aliphatic heterocycles. The molecule has 0 aliphatic carbocycles. The smallest absolute Gasteiger partial charge is 0.264 e. The summed E-state index contributed by atoms with van der Waals surface area (Å²) in [5, 5.41) is 52.4. The molecule has 0 radical (unpaired) electrons. The van der Waals surface area contributed by atoms with Crippen LogP contribution in [0.15, 0.2) is 48.5 Å². The third kappa shape index (κ3) is 5.08. The highest BCUT2D eigenvalue weighted by molar-refractivity contribution is 6.71. The zero-order valence-electron chi connectivity index (χ0n) is 23.6. The van der Waals surface area contributed by atoms with Crippen LogP contribution in [-0.2, 0) is 31.2 Å². The van der Waals surface area contributed by atoms with Crippen LogP contribution in [0.3, 0.4) is 0 Å². The molecule has 1 spiro atoms. The van der Waals surface area contributed by atoms with Crippen molar-refractivity contribution in [3.63, 3.8) is 0 Å². The maximum atomic E-state index is 14.4. The van der Waals surface area contributed by atoms with Crippen LogP contribution in [0.2, 0.25) is 18.6 Å². The molecular weight excluding hydrogens is 564 g/mol. The van der Waals surface area contributed by atoms with Crippen LogP contribution >= 0.6 is 0 Å². The van der Waals surface area contributed by atoms with Gasteiger partial charge in [0, 0.05) is 29.3 Å². The molecule has 3 aliphatic rings. The highest BCUT2D eigenvalue weighted by Crippen LogP contribution is 2.60. The predicted molar refractivity (Wildman–Crippen MR) is 152 cm³/mol. The van der Waals surface area contributed by atoms with Crippen molar-refractivity contribution >= 4 is 31.5 Å². The number of benzene rings is 2. The van der Waals surface area contributed by atoms with E-state index in [0.29, 0.717) is 11.3 Å². The topological polar surface area (TPSA) is 189 Å². The van der Waals surface area contributed by atoms with Crippen LogP contribution in [0, 0.1) is 5.92 Å². The van der Waals surface area contributed by atoms with Gasteiger partial charge in [0.25, 0.3) is 11.8 Å². The number of carbonyl (C=O) groups excluding carboxylic acids is 2. The summed E-state index contributed by atoms with van der Waals surface area (Å²) in [4.78, 5) is 40.4. The van der Waals surface area contributed by atoms with E-state index in [2.05, 4.69) is 5.32 Å². The van der Waals surface area contributed by atoms with Crippen molar-refractivity contribution in [1.82, 2.24) is 0 Å². The Morgan fingerprint density at radius 3 is 2.38 bits per heavy atom. The van der Waals surface area contributed by atoms with Gasteiger partial charge >= 0.3 is 0 Å². The van der Waals surface area contributed by atoms with Crippen LogP contribution in [-0.4, -0.2) is 93.9 Å². The number of rotatable bonds is 7. The summed E-state index contributed by atoms with van der Waals surface area (Å²) < 4.78 is 11.7. The molecule has 9 atom stereocenters. The van der Waals surface area contributed by atoms with E-state index in [4.69, 9.17) is 9.47 Å². The summed E-state index contributed by atoms with van der Waals surface area (Å²) in [6.07, 6.45) is -9.31. The van der Waals surface area contributed by atoms with Crippen molar-refractivity contribution in [2.24, 2.45) is 5.92 Å². The van der Waals surface area contributed by atoms with Crippen LogP contribution in [0.4, 0.5) is 11.4 Å². The van der Waals surface area contributed by atoms with Gasteiger partial charge in [-0.1, -0.05) is 37.3 Å². The van der Waals surface area contributed by atoms with Crippen molar-refractivity contribution in [2.75, 3.05) is 16.8 Å². The zero-order chi connectivity index (χ0) is 30.6. The minimum absolute atomic E-state index is 0.185. The Morgan fingerprint density at radius 2 is 1.74 bits per heavy atom. The lowest BCUT2D eigenvalue weighted by molar-refractivity contribution is -0.274. The minimum Gasteiger partial charge on any atom is -0.432 e. The van der Waals surface area contributed by atoms with E-state index in [1.165, 1.54) is 0 Å². The molecule has 42 heavy (non-hydrogen) atoms. The molecule has 2 aromatic rings. The van der Waals surface area contributed by atoms with E-state index in [0.717, 1.165) is 5.56 Å². The number of nitrogens with zero attached hydrogens (tertiary/aromatic N) is 1. The van der Waals surface area contributed by atoms with Crippen molar-refractivity contribution < 1.29 is 49.4 Å². The maximum absolute atomic E-state index is 14.4. The SMILES string of the molecule is C[C@@H]1[C@@H]([Si](C)(C)O)[C@H](CCO)O[C@@]12C(=O)N(Cc1ccccc1)c1ccc(NC(=O)[C@H]3O[C@@H](O)[C@H](O)[C@@H](O)[C@@H]3O)cc12. The highest BCUT2D eigenvalue weighted by Gasteiger charge is 2.66. The van der Waals surface area contributed by atoms with Crippen LogP contribution < -0.4 is 10.2 Å². The molecule has 0 aromatic heterocycles. The number of aliphatic hydroxyl groups is 5. The van der Waals surface area contributed by atoms with Gasteiger partial charge in [-0.2, -0.15) is 0 Å². The first-order valence-corrected chi connectivity index (χ1v) is 17.0. The second-order valence-electron chi connectivity index (χ2n) is 11.9. The molecule has 7 N–H and O–H groups in total. The lowest BCUT2D eigenvalue weighted by Gasteiger charge is -2.37. The average Bonchev–Trinajstić information content (AvgIpc) is 3.36. The fourth-order valence-electron chi connectivity index (χ4n) is 6.77. The van der Waals surface area contributed by atoms with E-state index in [1.54, 1.807) is 36.2 Å². The number of carbonyl (C=O) groups is 2. The van der Waals surface area contributed by atoms with E-state index >= 15 is 0 Å². The second-order valence-corrected chi connectivity index (χ2v) is 15.9. The molecule has 5 rings (SSSR count). The fourth-order valence-corrected chi connectivity index (χ4v) is 9.37. The first kappa shape index (κ1) is 30.7. The van der Waals surface area contributed by atoms with E-state index in [-0.39, 0.29) is 36.7 Å². The van der Waals surface area contributed by atoms with Gasteiger partial charge in [0.1, 0.15) is 18.3 Å². The monoisotopic (exact) mass is 602 g/mol. The van der Waals surface area contributed by atoms with Gasteiger partial charge in [-0.3, -0.25) is 9.59 Å². The lowest BCUT2D eigenvalue weighted by Crippen LogP contribution is -2.60. The molecule has 0 bridgehead atoms. The Balaban J connectivity index is 1.54. The largest absolute Gasteiger partial charge is 0.432 e. The number of amides is 2. The Labute approximate surface area is 244 Å². The number of nitrogens with one attached hydrogen (secondary N) is 1. The number of ether oxygens (including phenoxy) is 2. The third-order valence-electron chi connectivity index (χ3n) is 8.70. The van der Waals surface area contributed by atoms with Gasteiger partial charge in [-0.25, -0.2) is 0 Å². The average molecular weight is 603 g/mol. The molecule has 2 amide bonds. The van der Waals surface area contributed by atoms with Gasteiger partial charge in [0.05, 0.1) is 18.3 Å². The quantitative estimate of drug-likeness (QED) is 0.215. The van der Waals surface area contributed by atoms with E-state index in [1.807, 2.05) is 37.3 Å². The molecule has 2 aromatic carbocycles. The number of fused-ring (bicyclic) bond motifs is 2. The predicted octanol–water partition coefficient (Wildman–Crippen LogP) is 0.152. The summed E-state index contributed by atoms with van der Waals surface area (Å²) in [5.74, 6) is -1.67. The molecule has 12 nitrogen and oxygen atoms in total. The second kappa shape index (κ2) is 11.4. The first-order valence-electron chi connectivity index (χ1n) is 14.0. The summed E-state index contributed by atoms with van der Waals surface area (Å²) in [5.41, 5.74) is 0.295. The first-order chi connectivity index (χ1) is 19.8. The zero-order valence-corrected chi connectivity index (χ0v) is 24.6.